The molecule has 120 valence electrons. The van der Waals surface area contributed by atoms with Gasteiger partial charge < -0.3 is 10.2 Å². The lowest BCUT2D eigenvalue weighted by Gasteiger charge is -2.38. The smallest absolute Gasteiger partial charge is 0.0368 e. The summed E-state index contributed by atoms with van der Waals surface area (Å²) in [5, 5.41) is 3.68. The standard InChI is InChI=1S/C19H34N2/c1-8-19(7,14-20-18(4,5)6)15-21(9-2)17-12-10-11-16(3)13-17/h10-13,20H,8-9,14-15H2,1-7H3. The molecule has 2 nitrogen and oxygen atoms in total. The van der Waals surface area contributed by atoms with Gasteiger partial charge in [0.1, 0.15) is 0 Å². The van der Waals surface area contributed by atoms with Crippen molar-refractivity contribution in [2.24, 2.45) is 5.41 Å². The van der Waals surface area contributed by atoms with Crippen molar-refractivity contribution in [3.05, 3.63) is 29.8 Å². The summed E-state index contributed by atoms with van der Waals surface area (Å²) in [5.74, 6) is 0. The molecule has 1 aromatic carbocycles. The summed E-state index contributed by atoms with van der Waals surface area (Å²) in [5.41, 5.74) is 3.13. The number of hydrogen-bond acceptors (Lipinski definition) is 2. The van der Waals surface area contributed by atoms with Gasteiger partial charge in [-0.3, -0.25) is 0 Å². The molecule has 1 aromatic rings. The molecule has 0 fully saturated rings. The maximum atomic E-state index is 3.68. The van der Waals surface area contributed by atoms with E-state index in [2.05, 4.69) is 82.9 Å². The first-order valence-electron chi connectivity index (χ1n) is 8.26. The molecule has 0 aliphatic heterocycles. The zero-order valence-corrected chi connectivity index (χ0v) is 15.1. The summed E-state index contributed by atoms with van der Waals surface area (Å²) in [6.07, 6.45) is 1.18. The Morgan fingerprint density at radius 2 is 1.76 bits per heavy atom. The second-order valence-corrected chi connectivity index (χ2v) is 7.62. The molecule has 1 N–H and O–H groups in total. The van der Waals surface area contributed by atoms with Gasteiger partial charge in [0, 0.05) is 30.9 Å². The molecule has 0 saturated heterocycles. The number of anilines is 1. The van der Waals surface area contributed by atoms with E-state index in [4.69, 9.17) is 0 Å². The highest BCUT2D eigenvalue weighted by Crippen LogP contribution is 2.26. The SMILES string of the molecule is CCN(CC(C)(CC)CNC(C)(C)C)c1cccc(C)c1. The van der Waals surface area contributed by atoms with Crippen LogP contribution in [0.1, 0.15) is 53.5 Å². The van der Waals surface area contributed by atoms with Gasteiger partial charge in [0.15, 0.2) is 0 Å². The van der Waals surface area contributed by atoms with Gasteiger partial charge in [-0.1, -0.05) is 26.0 Å². The number of rotatable bonds is 7. The molecule has 0 spiro atoms. The van der Waals surface area contributed by atoms with E-state index in [1.54, 1.807) is 0 Å². The molecule has 0 heterocycles. The monoisotopic (exact) mass is 290 g/mol. The van der Waals surface area contributed by atoms with E-state index in [1.165, 1.54) is 17.7 Å². The van der Waals surface area contributed by atoms with Crippen molar-refractivity contribution < 1.29 is 0 Å². The third-order valence-corrected chi connectivity index (χ3v) is 4.22. The fourth-order valence-electron chi connectivity index (χ4n) is 2.44. The van der Waals surface area contributed by atoms with Gasteiger partial charge in [0.05, 0.1) is 0 Å². The largest absolute Gasteiger partial charge is 0.371 e. The van der Waals surface area contributed by atoms with Crippen molar-refractivity contribution in [2.45, 2.75) is 60.4 Å². The van der Waals surface area contributed by atoms with Gasteiger partial charge in [-0.25, -0.2) is 0 Å². The highest BCUT2D eigenvalue weighted by Gasteiger charge is 2.26. The number of benzene rings is 1. The fourth-order valence-corrected chi connectivity index (χ4v) is 2.44. The van der Waals surface area contributed by atoms with Gasteiger partial charge in [0.2, 0.25) is 0 Å². The van der Waals surface area contributed by atoms with Crippen molar-refractivity contribution in [3.63, 3.8) is 0 Å². The lowest BCUT2D eigenvalue weighted by atomic mass is 9.85. The topological polar surface area (TPSA) is 15.3 Å². The summed E-state index contributed by atoms with van der Waals surface area (Å²) in [6.45, 7) is 19.0. The van der Waals surface area contributed by atoms with Gasteiger partial charge in [0.25, 0.3) is 0 Å². The zero-order chi connectivity index (χ0) is 16.1. The van der Waals surface area contributed by atoms with Crippen LogP contribution >= 0.6 is 0 Å². The quantitative estimate of drug-likeness (QED) is 0.788. The lowest BCUT2D eigenvalue weighted by molar-refractivity contribution is 0.260. The molecule has 0 amide bonds. The molecule has 0 aliphatic carbocycles. The number of aryl methyl sites for hydroxylation is 1. The van der Waals surface area contributed by atoms with Crippen molar-refractivity contribution in [3.8, 4) is 0 Å². The molecule has 21 heavy (non-hydrogen) atoms. The predicted molar refractivity (Wildman–Crippen MR) is 95.2 cm³/mol. The molecule has 0 radical (unpaired) electrons. The minimum absolute atomic E-state index is 0.177. The average molecular weight is 290 g/mol. The van der Waals surface area contributed by atoms with Crippen molar-refractivity contribution in [1.82, 2.24) is 5.32 Å². The van der Waals surface area contributed by atoms with Crippen LogP contribution in [-0.2, 0) is 0 Å². The molecule has 0 aromatic heterocycles. The van der Waals surface area contributed by atoms with Crippen molar-refractivity contribution in [2.75, 3.05) is 24.5 Å². The Hall–Kier alpha value is -1.02. The van der Waals surface area contributed by atoms with Crippen LogP contribution in [0.4, 0.5) is 5.69 Å². The minimum Gasteiger partial charge on any atom is -0.371 e. The van der Waals surface area contributed by atoms with E-state index >= 15 is 0 Å². The Balaban J connectivity index is 2.81. The minimum atomic E-state index is 0.177. The first-order chi connectivity index (χ1) is 9.69. The van der Waals surface area contributed by atoms with Crippen LogP contribution in [0.2, 0.25) is 0 Å². The van der Waals surface area contributed by atoms with Crippen molar-refractivity contribution in [1.29, 1.82) is 0 Å². The molecule has 0 saturated carbocycles. The average Bonchev–Trinajstić information content (AvgIpc) is 2.42. The molecular formula is C19H34N2. The van der Waals surface area contributed by atoms with Crippen LogP contribution in [0.15, 0.2) is 24.3 Å². The highest BCUT2D eigenvalue weighted by atomic mass is 15.1. The molecule has 0 bridgehead atoms. The van der Waals surface area contributed by atoms with Crippen LogP contribution in [0.25, 0.3) is 0 Å². The zero-order valence-electron chi connectivity index (χ0n) is 15.1. The third-order valence-electron chi connectivity index (χ3n) is 4.22. The second-order valence-electron chi connectivity index (χ2n) is 7.62. The van der Waals surface area contributed by atoms with Crippen LogP contribution in [0, 0.1) is 12.3 Å². The van der Waals surface area contributed by atoms with Crippen LogP contribution in [-0.4, -0.2) is 25.2 Å². The molecule has 1 rings (SSSR count). The van der Waals surface area contributed by atoms with Gasteiger partial charge in [-0.05, 0) is 64.2 Å². The maximum Gasteiger partial charge on any atom is 0.0368 e. The van der Waals surface area contributed by atoms with E-state index < -0.39 is 0 Å². The normalized spacial score (nSPS) is 14.8. The summed E-state index contributed by atoms with van der Waals surface area (Å²) in [4.78, 5) is 2.50. The van der Waals surface area contributed by atoms with E-state index in [0.717, 1.165) is 19.6 Å². The van der Waals surface area contributed by atoms with Gasteiger partial charge >= 0.3 is 0 Å². The van der Waals surface area contributed by atoms with Crippen LogP contribution in [0.3, 0.4) is 0 Å². The summed E-state index contributed by atoms with van der Waals surface area (Å²) >= 11 is 0. The number of nitrogens with zero attached hydrogens (tertiary/aromatic N) is 1. The van der Waals surface area contributed by atoms with Crippen LogP contribution < -0.4 is 10.2 Å². The summed E-state index contributed by atoms with van der Waals surface area (Å²) in [6, 6.07) is 8.84. The highest BCUT2D eigenvalue weighted by molar-refractivity contribution is 5.48. The van der Waals surface area contributed by atoms with Crippen molar-refractivity contribution >= 4 is 5.69 Å². The predicted octanol–water partition coefficient (Wildman–Crippen LogP) is 4.63. The molecule has 1 unspecified atom stereocenters. The fraction of sp³-hybridized carbons (Fsp3) is 0.684. The molecule has 2 heteroatoms. The van der Waals surface area contributed by atoms with E-state index in [0.29, 0.717) is 0 Å². The Morgan fingerprint density at radius 1 is 1.10 bits per heavy atom. The Labute approximate surface area is 131 Å². The number of hydrogen-bond donors (Lipinski definition) is 1. The van der Waals surface area contributed by atoms with Gasteiger partial charge in [-0.15, -0.1) is 0 Å². The maximum absolute atomic E-state index is 3.68. The third kappa shape index (κ3) is 6.09. The van der Waals surface area contributed by atoms with Crippen LogP contribution in [0.5, 0.6) is 0 Å². The summed E-state index contributed by atoms with van der Waals surface area (Å²) in [7, 11) is 0. The second kappa shape index (κ2) is 7.31. The van der Waals surface area contributed by atoms with E-state index in [9.17, 15) is 0 Å². The lowest BCUT2D eigenvalue weighted by Crippen LogP contribution is -2.47. The van der Waals surface area contributed by atoms with E-state index in [-0.39, 0.29) is 11.0 Å². The first kappa shape index (κ1) is 18.0. The van der Waals surface area contributed by atoms with E-state index in [1.807, 2.05) is 0 Å². The number of nitrogens with one attached hydrogen (secondary N) is 1. The first-order valence-corrected chi connectivity index (χ1v) is 8.26. The molecular weight excluding hydrogens is 256 g/mol. The Bertz CT molecular complexity index is 433. The molecule has 0 aliphatic rings. The molecule has 1 atom stereocenters. The van der Waals surface area contributed by atoms with Gasteiger partial charge in [-0.2, -0.15) is 0 Å². The Kier molecular flexibility index (Phi) is 6.27. The Morgan fingerprint density at radius 3 is 2.24 bits per heavy atom. The summed E-state index contributed by atoms with van der Waals surface area (Å²) < 4.78 is 0.